The molecule has 0 radical (unpaired) electrons. The molecule has 0 aromatic rings. The lowest BCUT2D eigenvalue weighted by Crippen LogP contribution is -2.36. The van der Waals surface area contributed by atoms with Crippen LogP contribution < -0.4 is 0 Å². The van der Waals surface area contributed by atoms with Gasteiger partial charge in [0.25, 0.3) is 0 Å². The normalized spacial score (nSPS) is 27.5. The molecule has 1 fully saturated rings. The fraction of sp³-hybridized carbons (Fsp3) is 1.00. The molecular formula is C9H18O2S. The van der Waals surface area contributed by atoms with Gasteiger partial charge in [-0.1, -0.05) is 20.8 Å². The Balaban J connectivity index is 2.50. The highest BCUT2D eigenvalue weighted by molar-refractivity contribution is 7.81. The van der Waals surface area contributed by atoms with Crippen LogP contribution in [0.4, 0.5) is 0 Å². The van der Waals surface area contributed by atoms with Crippen molar-refractivity contribution in [3.8, 4) is 0 Å². The second-order valence-electron chi connectivity index (χ2n) is 3.98. The maximum atomic E-state index is 5.40. The zero-order valence-corrected chi connectivity index (χ0v) is 8.93. The molecule has 2 unspecified atom stereocenters. The van der Waals surface area contributed by atoms with E-state index in [9.17, 15) is 0 Å². The standard InChI is InChI=1S/C9H18O2S/c1-4-9(2,3)8(12)7-5-10-6-11-7/h7-8,12H,4-6H2,1-3H3. The molecule has 0 amide bonds. The van der Waals surface area contributed by atoms with E-state index in [1.807, 2.05) is 0 Å². The minimum atomic E-state index is 0.170. The van der Waals surface area contributed by atoms with Gasteiger partial charge in [0.2, 0.25) is 0 Å². The Kier molecular flexibility index (Phi) is 3.44. The fourth-order valence-corrected chi connectivity index (χ4v) is 1.60. The van der Waals surface area contributed by atoms with Crippen LogP contribution in [0.3, 0.4) is 0 Å². The molecular weight excluding hydrogens is 172 g/mol. The monoisotopic (exact) mass is 190 g/mol. The average molecular weight is 190 g/mol. The molecule has 1 heterocycles. The summed E-state index contributed by atoms with van der Waals surface area (Å²) in [5.74, 6) is 0. The number of hydrogen-bond donors (Lipinski definition) is 1. The minimum absolute atomic E-state index is 0.170. The number of ether oxygens (including phenoxy) is 2. The summed E-state index contributed by atoms with van der Waals surface area (Å²) in [7, 11) is 0. The molecule has 1 aliphatic rings. The predicted octanol–water partition coefficient (Wildman–Crippen LogP) is 2.09. The Morgan fingerprint density at radius 1 is 1.58 bits per heavy atom. The van der Waals surface area contributed by atoms with Crippen molar-refractivity contribution in [3.63, 3.8) is 0 Å². The molecule has 0 aromatic carbocycles. The van der Waals surface area contributed by atoms with Crippen LogP contribution in [0.2, 0.25) is 0 Å². The first-order valence-corrected chi connectivity index (χ1v) is 4.97. The van der Waals surface area contributed by atoms with E-state index in [2.05, 4.69) is 33.4 Å². The summed E-state index contributed by atoms with van der Waals surface area (Å²) < 4.78 is 10.6. The van der Waals surface area contributed by atoms with Crippen molar-refractivity contribution in [2.24, 2.45) is 5.41 Å². The van der Waals surface area contributed by atoms with Gasteiger partial charge in [0.1, 0.15) is 6.79 Å². The quantitative estimate of drug-likeness (QED) is 0.687. The van der Waals surface area contributed by atoms with E-state index < -0.39 is 0 Å². The first-order valence-electron chi connectivity index (χ1n) is 4.45. The van der Waals surface area contributed by atoms with Gasteiger partial charge in [-0.3, -0.25) is 0 Å². The zero-order valence-electron chi connectivity index (χ0n) is 8.04. The molecule has 0 N–H and O–H groups in total. The van der Waals surface area contributed by atoms with Gasteiger partial charge in [-0.2, -0.15) is 12.6 Å². The van der Waals surface area contributed by atoms with E-state index in [0.717, 1.165) is 6.42 Å². The van der Waals surface area contributed by atoms with Crippen LogP contribution in [-0.2, 0) is 9.47 Å². The minimum Gasteiger partial charge on any atom is -0.353 e. The van der Waals surface area contributed by atoms with Crippen LogP contribution in [0.1, 0.15) is 27.2 Å². The molecule has 2 nitrogen and oxygen atoms in total. The summed E-state index contributed by atoms with van der Waals surface area (Å²) in [6, 6.07) is 0. The summed E-state index contributed by atoms with van der Waals surface area (Å²) in [5, 5.41) is 0.269. The molecule has 1 saturated heterocycles. The van der Waals surface area contributed by atoms with Gasteiger partial charge in [-0.15, -0.1) is 0 Å². The van der Waals surface area contributed by atoms with Crippen molar-refractivity contribution in [2.45, 2.75) is 38.5 Å². The van der Waals surface area contributed by atoms with Crippen molar-refractivity contribution in [1.29, 1.82) is 0 Å². The van der Waals surface area contributed by atoms with E-state index in [4.69, 9.17) is 9.47 Å². The number of hydrogen-bond acceptors (Lipinski definition) is 3. The molecule has 1 aliphatic heterocycles. The maximum absolute atomic E-state index is 5.40. The van der Waals surface area contributed by atoms with E-state index in [0.29, 0.717) is 13.4 Å². The summed E-state index contributed by atoms with van der Waals surface area (Å²) in [4.78, 5) is 0. The van der Waals surface area contributed by atoms with Crippen LogP contribution in [0, 0.1) is 5.41 Å². The molecule has 1 rings (SSSR count). The predicted molar refractivity (Wildman–Crippen MR) is 52.5 cm³/mol. The van der Waals surface area contributed by atoms with Crippen LogP contribution in [-0.4, -0.2) is 24.8 Å². The van der Waals surface area contributed by atoms with Gasteiger partial charge in [0, 0.05) is 5.25 Å². The summed E-state index contributed by atoms with van der Waals surface area (Å²) in [6.07, 6.45) is 1.28. The lowest BCUT2D eigenvalue weighted by Gasteiger charge is -2.32. The van der Waals surface area contributed by atoms with Crippen molar-refractivity contribution < 1.29 is 9.47 Å². The van der Waals surface area contributed by atoms with Gasteiger partial charge in [0.15, 0.2) is 0 Å². The molecule has 0 aliphatic carbocycles. The van der Waals surface area contributed by atoms with Crippen molar-refractivity contribution in [3.05, 3.63) is 0 Å². The summed E-state index contributed by atoms with van der Waals surface area (Å²) in [6.45, 7) is 7.73. The van der Waals surface area contributed by atoms with Crippen molar-refractivity contribution in [2.75, 3.05) is 13.4 Å². The second-order valence-corrected chi connectivity index (χ2v) is 4.54. The Morgan fingerprint density at radius 3 is 2.67 bits per heavy atom. The molecule has 0 bridgehead atoms. The van der Waals surface area contributed by atoms with Gasteiger partial charge in [0.05, 0.1) is 12.7 Å². The molecule has 3 heteroatoms. The maximum Gasteiger partial charge on any atom is 0.147 e. The molecule has 0 saturated carbocycles. The van der Waals surface area contributed by atoms with Crippen LogP contribution in [0.15, 0.2) is 0 Å². The number of rotatable bonds is 3. The van der Waals surface area contributed by atoms with E-state index in [-0.39, 0.29) is 16.8 Å². The number of thiol groups is 1. The largest absolute Gasteiger partial charge is 0.353 e. The molecule has 0 aromatic heterocycles. The molecule has 72 valence electrons. The first kappa shape index (κ1) is 10.4. The van der Waals surface area contributed by atoms with E-state index in [1.54, 1.807) is 0 Å². The highest BCUT2D eigenvalue weighted by Crippen LogP contribution is 2.33. The van der Waals surface area contributed by atoms with Crippen molar-refractivity contribution in [1.82, 2.24) is 0 Å². The SMILES string of the molecule is CCC(C)(C)C(S)C1COCO1. The van der Waals surface area contributed by atoms with Gasteiger partial charge in [-0.25, -0.2) is 0 Å². The van der Waals surface area contributed by atoms with Gasteiger partial charge < -0.3 is 9.47 Å². The molecule has 2 atom stereocenters. The molecule has 0 spiro atoms. The Hall–Kier alpha value is 0.270. The van der Waals surface area contributed by atoms with E-state index in [1.165, 1.54) is 0 Å². The first-order chi connectivity index (χ1) is 5.58. The van der Waals surface area contributed by atoms with Crippen molar-refractivity contribution >= 4 is 12.6 Å². The lowest BCUT2D eigenvalue weighted by molar-refractivity contribution is 0.0363. The lowest BCUT2D eigenvalue weighted by atomic mass is 9.83. The Bertz CT molecular complexity index is 141. The van der Waals surface area contributed by atoms with Crippen LogP contribution >= 0.6 is 12.6 Å². The topological polar surface area (TPSA) is 18.5 Å². The van der Waals surface area contributed by atoms with Crippen LogP contribution in [0.25, 0.3) is 0 Å². The summed E-state index contributed by atoms with van der Waals surface area (Å²) >= 11 is 4.58. The van der Waals surface area contributed by atoms with Gasteiger partial charge in [-0.05, 0) is 11.8 Å². The highest BCUT2D eigenvalue weighted by Gasteiger charge is 2.34. The summed E-state index contributed by atoms with van der Waals surface area (Å²) in [5.41, 5.74) is 0.224. The molecule has 12 heavy (non-hydrogen) atoms. The highest BCUT2D eigenvalue weighted by atomic mass is 32.1. The average Bonchev–Trinajstić information content (AvgIpc) is 2.55. The third-order valence-electron chi connectivity index (χ3n) is 2.71. The third-order valence-corrected chi connectivity index (χ3v) is 3.74. The Morgan fingerprint density at radius 2 is 2.25 bits per heavy atom. The second kappa shape index (κ2) is 3.99. The smallest absolute Gasteiger partial charge is 0.147 e. The van der Waals surface area contributed by atoms with Crippen LogP contribution in [0.5, 0.6) is 0 Å². The van der Waals surface area contributed by atoms with Gasteiger partial charge >= 0.3 is 0 Å². The fourth-order valence-electron chi connectivity index (χ4n) is 1.24. The zero-order chi connectivity index (χ0) is 9.19. The Labute approximate surface area is 80.0 Å². The van der Waals surface area contributed by atoms with E-state index >= 15 is 0 Å². The third kappa shape index (κ3) is 2.15.